The second-order valence-corrected chi connectivity index (χ2v) is 6.13. The van der Waals surface area contributed by atoms with Crippen LogP contribution < -0.4 is 16.0 Å². The summed E-state index contributed by atoms with van der Waals surface area (Å²) in [5, 5.41) is 8.86. The van der Waals surface area contributed by atoms with Crippen LogP contribution in [0.2, 0.25) is 0 Å². The Morgan fingerprint density at radius 1 is 1.07 bits per heavy atom. The van der Waals surface area contributed by atoms with Crippen molar-refractivity contribution in [3.8, 4) is 0 Å². The highest BCUT2D eigenvalue weighted by Crippen LogP contribution is 2.15. The van der Waals surface area contributed by atoms with Gasteiger partial charge in [-0.1, -0.05) is 43.3 Å². The molecule has 2 aromatic carbocycles. The summed E-state index contributed by atoms with van der Waals surface area (Å²) in [6, 6.07) is 17.0. The predicted molar refractivity (Wildman–Crippen MR) is 107 cm³/mol. The number of rotatable bonds is 10. The number of hydrogen-bond acceptors (Lipinski definition) is 4. The smallest absolute Gasteiger partial charge is 0.251 e. The van der Waals surface area contributed by atoms with Crippen LogP contribution in [-0.2, 0) is 9.53 Å². The minimum atomic E-state index is -0.198. The fraction of sp³-hybridized carbons (Fsp3) is 0.333. The molecule has 0 heterocycles. The molecule has 0 bridgehead atoms. The number of methoxy groups -OCH3 is 1. The van der Waals surface area contributed by atoms with Crippen molar-refractivity contribution in [2.24, 2.45) is 0 Å². The normalized spacial score (nSPS) is 11.6. The van der Waals surface area contributed by atoms with Crippen molar-refractivity contribution in [3.05, 3.63) is 65.7 Å². The fourth-order valence-electron chi connectivity index (χ4n) is 2.71. The molecule has 2 amide bonds. The third kappa shape index (κ3) is 6.84. The van der Waals surface area contributed by atoms with Crippen molar-refractivity contribution in [1.82, 2.24) is 10.6 Å². The molecule has 6 heteroatoms. The molecule has 144 valence electrons. The molecule has 0 aliphatic carbocycles. The van der Waals surface area contributed by atoms with Crippen molar-refractivity contribution in [2.75, 3.05) is 32.1 Å². The molecule has 27 heavy (non-hydrogen) atoms. The van der Waals surface area contributed by atoms with E-state index in [1.807, 2.05) is 30.3 Å². The lowest BCUT2D eigenvalue weighted by atomic mass is 10.0. The zero-order valence-electron chi connectivity index (χ0n) is 15.8. The van der Waals surface area contributed by atoms with E-state index in [4.69, 9.17) is 4.74 Å². The van der Waals surface area contributed by atoms with Gasteiger partial charge in [-0.05, 0) is 30.2 Å². The molecule has 0 spiro atoms. The van der Waals surface area contributed by atoms with Crippen LogP contribution >= 0.6 is 0 Å². The molecule has 0 aliphatic heterocycles. The molecule has 1 atom stereocenters. The molecule has 0 radical (unpaired) electrons. The number of ether oxygens (including phenoxy) is 1. The van der Waals surface area contributed by atoms with Gasteiger partial charge >= 0.3 is 0 Å². The quantitative estimate of drug-likeness (QED) is 0.563. The largest absolute Gasteiger partial charge is 0.383 e. The second-order valence-electron chi connectivity index (χ2n) is 6.13. The summed E-state index contributed by atoms with van der Waals surface area (Å²) >= 11 is 0. The Morgan fingerprint density at radius 3 is 2.56 bits per heavy atom. The first-order valence-corrected chi connectivity index (χ1v) is 9.09. The van der Waals surface area contributed by atoms with Gasteiger partial charge in [-0.25, -0.2) is 0 Å². The SMILES string of the molecule is CCC(NCC(=O)Nc1cccc(C(=O)NCCOC)c1)c1ccccc1. The lowest BCUT2D eigenvalue weighted by Crippen LogP contribution is -2.31. The number of carbonyl (C=O) groups excluding carboxylic acids is 2. The average molecular weight is 369 g/mol. The Hall–Kier alpha value is -2.70. The molecule has 0 saturated heterocycles. The highest BCUT2D eigenvalue weighted by Gasteiger charge is 2.11. The lowest BCUT2D eigenvalue weighted by Gasteiger charge is -2.17. The molecule has 2 aromatic rings. The molecular formula is C21H27N3O3. The zero-order valence-corrected chi connectivity index (χ0v) is 15.8. The fourth-order valence-corrected chi connectivity index (χ4v) is 2.71. The summed E-state index contributed by atoms with van der Waals surface area (Å²) in [4.78, 5) is 24.3. The first-order chi connectivity index (χ1) is 13.1. The molecule has 3 N–H and O–H groups in total. The lowest BCUT2D eigenvalue weighted by molar-refractivity contribution is -0.115. The van der Waals surface area contributed by atoms with Crippen molar-refractivity contribution in [2.45, 2.75) is 19.4 Å². The Balaban J connectivity index is 1.88. The second kappa shape index (κ2) is 11.1. The van der Waals surface area contributed by atoms with Gasteiger partial charge in [-0.3, -0.25) is 9.59 Å². The van der Waals surface area contributed by atoms with Gasteiger partial charge in [-0.15, -0.1) is 0 Å². The Bertz CT molecular complexity index is 734. The zero-order chi connectivity index (χ0) is 19.5. The molecule has 0 fully saturated rings. The maximum Gasteiger partial charge on any atom is 0.251 e. The minimum Gasteiger partial charge on any atom is -0.383 e. The average Bonchev–Trinajstić information content (AvgIpc) is 2.69. The number of carbonyl (C=O) groups is 2. The van der Waals surface area contributed by atoms with Crippen LogP contribution in [0.5, 0.6) is 0 Å². The number of amides is 2. The predicted octanol–water partition coefficient (Wildman–Crippen LogP) is 2.74. The van der Waals surface area contributed by atoms with E-state index >= 15 is 0 Å². The highest BCUT2D eigenvalue weighted by atomic mass is 16.5. The van der Waals surface area contributed by atoms with Gasteiger partial charge in [0.1, 0.15) is 0 Å². The summed E-state index contributed by atoms with van der Waals surface area (Å²) in [5.74, 6) is -0.349. The molecule has 0 saturated carbocycles. The van der Waals surface area contributed by atoms with Crippen molar-refractivity contribution in [1.29, 1.82) is 0 Å². The number of hydrogen-bond donors (Lipinski definition) is 3. The van der Waals surface area contributed by atoms with Crippen LogP contribution in [0.15, 0.2) is 54.6 Å². The number of nitrogens with one attached hydrogen (secondary N) is 3. The van der Waals surface area contributed by atoms with Crippen LogP contribution in [-0.4, -0.2) is 38.6 Å². The molecule has 0 aromatic heterocycles. The first kappa shape index (κ1) is 20.6. The first-order valence-electron chi connectivity index (χ1n) is 9.09. The monoisotopic (exact) mass is 369 g/mol. The topological polar surface area (TPSA) is 79.5 Å². The van der Waals surface area contributed by atoms with E-state index in [1.165, 1.54) is 0 Å². The Labute approximate surface area is 160 Å². The van der Waals surface area contributed by atoms with Gasteiger partial charge in [0.25, 0.3) is 5.91 Å². The molecular weight excluding hydrogens is 342 g/mol. The minimum absolute atomic E-state index is 0.120. The highest BCUT2D eigenvalue weighted by molar-refractivity contribution is 5.97. The van der Waals surface area contributed by atoms with Gasteiger partial charge in [-0.2, -0.15) is 0 Å². The van der Waals surface area contributed by atoms with Crippen LogP contribution in [0, 0.1) is 0 Å². The van der Waals surface area contributed by atoms with E-state index in [1.54, 1.807) is 31.4 Å². The standard InChI is InChI=1S/C21H27N3O3/c1-3-19(16-8-5-4-6-9-16)23-15-20(25)24-18-11-7-10-17(14-18)21(26)22-12-13-27-2/h4-11,14,19,23H,3,12-13,15H2,1-2H3,(H,22,26)(H,24,25). The van der Waals surface area contributed by atoms with E-state index in [0.29, 0.717) is 24.4 Å². The number of anilines is 1. The van der Waals surface area contributed by atoms with Crippen molar-refractivity contribution >= 4 is 17.5 Å². The van der Waals surface area contributed by atoms with Crippen molar-refractivity contribution in [3.63, 3.8) is 0 Å². The maximum absolute atomic E-state index is 12.3. The maximum atomic E-state index is 12.3. The summed E-state index contributed by atoms with van der Waals surface area (Å²) in [6.45, 7) is 3.16. The van der Waals surface area contributed by atoms with E-state index in [9.17, 15) is 9.59 Å². The van der Waals surface area contributed by atoms with E-state index in [0.717, 1.165) is 12.0 Å². The third-order valence-electron chi connectivity index (χ3n) is 4.12. The summed E-state index contributed by atoms with van der Waals surface area (Å²) in [5.41, 5.74) is 2.24. The van der Waals surface area contributed by atoms with Gasteiger partial charge < -0.3 is 20.7 Å². The molecule has 0 aliphatic rings. The molecule has 2 rings (SSSR count). The van der Waals surface area contributed by atoms with E-state index < -0.39 is 0 Å². The van der Waals surface area contributed by atoms with Gasteiger partial charge in [0.15, 0.2) is 0 Å². The van der Waals surface area contributed by atoms with Crippen molar-refractivity contribution < 1.29 is 14.3 Å². The van der Waals surface area contributed by atoms with Crippen LogP contribution in [0.3, 0.4) is 0 Å². The van der Waals surface area contributed by atoms with E-state index in [-0.39, 0.29) is 24.4 Å². The van der Waals surface area contributed by atoms with Crippen LogP contribution in [0.4, 0.5) is 5.69 Å². The van der Waals surface area contributed by atoms with Gasteiger partial charge in [0, 0.05) is 30.9 Å². The van der Waals surface area contributed by atoms with Crippen LogP contribution in [0.25, 0.3) is 0 Å². The number of benzene rings is 2. The Kier molecular flexibility index (Phi) is 8.48. The summed E-state index contributed by atoms with van der Waals surface area (Å²) < 4.78 is 4.91. The third-order valence-corrected chi connectivity index (χ3v) is 4.12. The van der Waals surface area contributed by atoms with Crippen LogP contribution in [0.1, 0.15) is 35.3 Å². The van der Waals surface area contributed by atoms with E-state index in [2.05, 4.69) is 22.9 Å². The summed E-state index contributed by atoms with van der Waals surface area (Å²) in [7, 11) is 1.58. The molecule has 6 nitrogen and oxygen atoms in total. The molecule has 1 unspecified atom stereocenters. The Morgan fingerprint density at radius 2 is 1.85 bits per heavy atom. The van der Waals surface area contributed by atoms with Gasteiger partial charge in [0.2, 0.25) is 5.91 Å². The summed E-state index contributed by atoms with van der Waals surface area (Å²) in [6.07, 6.45) is 0.883. The van der Waals surface area contributed by atoms with Gasteiger partial charge in [0.05, 0.1) is 13.2 Å².